The van der Waals surface area contributed by atoms with E-state index in [1.165, 1.54) is 24.3 Å². The smallest absolute Gasteiger partial charge is 0.404 e. The minimum atomic E-state index is -5.90. The van der Waals surface area contributed by atoms with Crippen LogP contribution in [-0.2, 0) is 0 Å². The molecule has 0 heterocycles. The summed E-state index contributed by atoms with van der Waals surface area (Å²) in [4.78, 5) is 0. The van der Waals surface area contributed by atoms with E-state index in [-0.39, 0.29) is 22.3 Å². The standard InChI is InChI=1S/C36H6F8N8O2/c37-31-23(13-51)27-29(25(31)21(11-49)19-3-15(7-45)1-16(4-19)8-46)34(54-36(42,43)44)30-26(22(12-50)20-5-17(9-47)2-18(6-20)10-48)32(38)24(14-52)28(30)33(27)53-35(39,40)41/h1-6H/b25-21-,26-22-. The molecule has 0 saturated heterocycles. The Balaban J connectivity index is 2.17. The largest absolute Gasteiger partial charge is 0.573 e. The number of rotatable bonds is 4. The fraction of sp³-hybridized carbons (Fsp3) is 0.0556. The summed E-state index contributed by atoms with van der Waals surface area (Å²) in [6, 6.07) is 17.2. The number of benzene rings is 3. The minimum absolute atomic E-state index is 0.354. The van der Waals surface area contributed by atoms with Crippen LogP contribution in [0.1, 0.15) is 55.6 Å². The Morgan fingerprint density at radius 1 is 0.444 bits per heavy atom. The van der Waals surface area contributed by atoms with Crippen molar-refractivity contribution in [3.05, 3.63) is 104 Å². The number of ether oxygens (including phenoxy) is 2. The number of hydrogen-bond acceptors (Lipinski definition) is 10. The summed E-state index contributed by atoms with van der Waals surface area (Å²) in [7, 11) is 0. The molecule has 0 saturated carbocycles. The van der Waals surface area contributed by atoms with E-state index in [0.29, 0.717) is 0 Å². The molecule has 10 nitrogen and oxygen atoms in total. The van der Waals surface area contributed by atoms with Gasteiger partial charge in [0.05, 0.1) is 68.8 Å². The number of hydrogen-bond donors (Lipinski definition) is 0. The summed E-state index contributed by atoms with van der Waals surface area (Å²) in [6.07, 6.45) is -11.8. The highest BCUT2D eigenvalue weighted by atomic mass is 19.4. The van der Waals surface area contributed by atoms with Gasteiger partial charge in [0.1, 0.15) is 46.9 Å². The molecule has 258 valence electrons. The second-order valence-corrected chi connectivity index (χ2v) is 10.6. The first kappa shape index (κ1) is 36.9. The number of halogens is 8. The van der Waals surface area contributed by atoms with Crippen LogP contribution in [0.15, 0.2) is 48.1 Å². The SMILES string of the molecule is N#CC1=C(F)/C(=C(/C#N)c2cc(C#N)cc(C#N)c2)c2c(OC(F)(F)F)c3c(c(OC(F)(F)F)c21)C(C#N)=C(F)/C3=C(/C#N)c1cc(C#N)cc(C#N)c1. The molecular weight excluding hydrogens is 728 g/mol. The van der Waals surface area contributed by atoms with Crippen LogP contribution in [0.25, 0.3) is 33.4 Å². The van der Waals surface area contributed by atoms with Crippen molar-refractivity contribution < 1.29 is 44.6 Å². The van der Waals surface area contributed by atoms with E-state index in [1.54, 1.807) is 24.3 Å². The first-order chi connectivity index (χ1) is 25.5. The number of nitriles is 8. The van der Waals surface area contributed by atoms with Gasteiger partial charge in [-0.1, -0.05) is 0 Å². The summed E-state index contributed by atoms with van der Waals surface area (Å²) in [5.74, 6) is -7.52. The Morgan fingerprint density at radius 2 is 0.741 bits per heavy atom. The Kier molecular flexibility index (Phi) is 9.12. The maximum Gasteiger partial charge on any atom is 0.573 e. The predicted octanol–water partition coefficient (Wildman–Crippen LogP) is 8.27. The van der Waals surface area contributed by atoms with Gasteiger partial charge in [0, 0.05) is 22.3 Å². The lowest BCUT2D eigenvalue weighted by atomic mass is 9.87. The van der Waals surface area contributed by atoms with Gasteiger partial charge in [-0.05, 0) is 47.5 Å². The second-order valence-electron chi connectivity index (χ2n) is 10.6. The van der Waals surface area contributed by atoms with Crippen LogP contribution in [0.4, 0.5) is 35.1 Å². The van der Waals surface area contributed by atoms with Crippen molar-refractivity contribution in [3.63, 3.8) is 0 Å². The molecule has 0 aliphatic heterocycles. The van der Waals surface area contributed by atoms with Crippen molar-refractivity contribution in [2.75, 3.05) is 0 Å². The van der Waals surface area contributed by atoms with Crippen molar-refractivity contribution in [3.8, 4) is 60.1 Å². The lowest BCUT2D eigenvalue weighted by molar-refractivity contribution is -0.277. The predicted molar refractivity (Wildman–Crippen MR) is 164 cm³/mol. The average Bonchev–Trinajstić information content (AvgIpc) is 3.59. The second kappa shape index (κ2) is 13.4. The van der Waals surface area contributed by atoms with E-state index in [4.69, 9.17) is 0 Å². The third-order valence-corrected chi connectivity index (χ3v) is 7.63. The minimum Gasteiger partial charge on any atom is -0.404 e. The molecule has 0 amide bonds. The first-order valence-electron chi connectivity index (χ1n) is 14.1. The normalized spacial score (nSPS) is 14.8. The third-order valence-electron chi connectivity index (χ3n) is 7.63. The molecule has 0 N–H and O–H groups in total. The molecule has 3 aromatic rings. The van der Waals surface area contributed by atoms with E-state index < -0.39 is 103 Å². The molecule has 0 spiro atoms. The Labute approximate surface area is 296 Å². The highest BCUT2D eigenvalue weighted by molar-refractivity contribution is 6.21. The maximum atomic E-state index is 16.5. The molecule has 0 atom stereocenters. The third kappa shape index (κ3) is 6.12. The van der Waals surface area contributed by atoms with Gasteiger partial charge >= 0.3 is 12.7 Å². The molecule has 0 aromatic heterocycles. The van der Waals surface area contributed by atoms with Gasteiger partial charge in [-0.2, -0.15) is 42.1 Å². The fourth-order valence-electron chi connectivity index (χ4n) is 5.79. The van der Waals surface area contributed by atoms with Crippen molar-refractivity contribution in [2.24, 2.45) is 0 Å². The van der Waals surface area contributed by atoms with E-state index in [9.17, 15) is 68.4 Å². The highest BCUT2D eigenvalue weighted by Crippen LogP contribution is 2.62. The Morgan fingerprint density at radius 3 is 0.981 bits per heavy atom. The molecule has 54 heavy (non-hydrogen) atoms. The lowest BCUT2D eigenvalue weighted by Crippen LogP contribution is -2.22. The maximum absolute atomic E-state index is 16.5. The monoisotopic (exact) mass is 734 g/mol. The Hall–Kier alpha value is -8.42. The Bertz CT molecular complexity index is 2520. The number of allylic oxidation sites excluding steroid dienone is 8. The van der Waals surface area contributed by atoms with Crippen LogP contribution in [0.2, 0.25) is 0 Å². The average molecular weight is 734 g/mol. The van der Waals surface area contributed by atoms with E-state index >= 15 is 8.78 Å². The van der Waals surface area contributed by atoms with Crippen LogP contribution in [0.5, 0.6) is 11.5 Å². The van der Waals surface area contributed by atoms with Gasteiger partial charge in [-0.25, -0.2) is 8.78 Å². The van der Waals surface area contributed by atoms with Gasteiger partial charge in [0.2, 0.25) is 0 Å². The van der Waals surface area contributed by atoms with Crippen molar-refractivity contribution in [1.82, 2.24) is 0 Å². The number of alkyl halides is 6. The molecule has 0 bridgehead atoms. The molecule has 0 radical (unpaired) electrons. The summed E-state index contributed by atoms with van der Waals surface area (Å²) in [5, 5.41) is 78.3. The van der Waals surface area contributed by atoms with Gasteiger partial charge < -0.3 is 9.47 Å². The van der Waals surface area contributed by atoms with Crippen molar-refractivity contribution >= 4 is 33.4 Å². The lowest BCUT2D eigenvalue weighted by Gasteiger charge is -2.23. The zero-order chi connectivity index (χ0) is 39.9. The summed E-state index contributed by atoms with van der Waals surface area (Å²) in [6.45, 7) is 0. The van der Waals surface area contributed by atoms with E-state index in [0.717, 1.165) is 36.4 Å². The van der Waals surface area contributed by atoms with Crippen LogP contribution in [0.3, 0.4) is 0 Å². The zero-order valence-corrected chi connectivity index (χ0v) is 25.9. The number of nitrogens with zero attached hydrogens (tertiary/aromatic N) is 8. The molecule has 2 aliphatic rings. The fourth-order valence-corrected chi connectivity index (χ4v) is 5.79. The molecule has 0 unspecified atom stereocenters. The topological polar surface area (TPSA) is 209 Å². The summed E-state index contributed by atoms with van der Waals surface area (Å²) in [5.41, 5.74) is -16.4. The van der Waals surface area contributed by atoms with Gasteiger partial charge in [-0.3, -0.25) is 0 Å². The number of fused-ring (bicyclic) bond motifs is 2. The summed E-state index contributed by atoms with van der Waals surface area (Å²) < 4.78 is 127. The van der Waals surface area contributed by atoms with Crippen LogP contribution in [-0.4, -0.2) is 12.7 Å². The molecular formula is C36H6F8N8O2. The van der Waals surface area contributed by atoms with Crippen molar-refractivity contribution in [2.45, 2.75) is 12.7 Å². The highest BCUT2D eigenvalue weighted by Gasteiger charge is 2.49. The summed E-state index contributed by atoms with van der Waals surface area (Å²) >= 11 is 0. The first-order valence-corrected chi connectivity index (χ1v) is 14.1. The quantitative estimate of drug-likeness (QED) is 0.185. The van der Waals surface area contributed by atoms with Gasteiger partial charge in [0.25, 0.3) is 0 Å². The molecule has 5 rings (SSSR count). The van der Waals surface area contributed by atoms with Gasteiger partial charge in [-0.15, -0.1) is 26.3 Å². The van der Waals surface area contributed by atoms with Crippen molar-refractivity contribution in [1.29, 1.82) is 42.1 Å². The zero-order valence-electron chi connectivity index (χ0n) is 25.9. The van der Waals surface area contributed by atoms with Crippen LogP contribution >= 0.6 is 0 Å². The van der Waals surface area contributed by atoms with E-state index in [2.05, 4.69) is 9.47 Å². The molecule has 2 aliphatic carbocycles. The molecule has 18 heteroatoms. The van der Waals surface area contributed by atoms with E-state index in [1.807, 2.05) is 0 Å². The molecule has 3 aromatic carbocycles. The van der Waals surface area contributed by atoms with Crippen LogP contribution in [0, 0.1) is 90.6 Å². The molecule has 0 fully saturated rings. The van der Waals surface area contributed by atoms with Crippen LogP contribution < -0.4 is 9.47 Å². The van der Waals surface area contributed by atoms with Gasteiger partial charge in [0.15, 0.2) is 11.7 Å².